The number of hydrogen-bond donors (Lipinski definition) is 2. The standard InChI is InChI=1S/C26H20Cl4N2O6/c27-17-5-7-19(21(29)9-17)25(35)31-11-23(33)37-13-15-1-2-16(4-3-15)14-38-24(34)12-32-26(36)20-8-6-18(28)10-22(20)30/h1-10H,11-14H2,(H,31,35)(H,32,36). The van der Waals surface area contributed by atoms with Crippen LogP contribution in [0.5, 0.6) is 0 Å². The third-order valence-electron chi connectivity index (χ3n) is 4.96. The Morgan fingerprint density at radius 1 is 0.579 bits per heavy atom. The number of amides is 2. The molecule has 3 aromatic carbocycles. The van der Waals surface area contributed by atoms with Gasteiger partial charge in [-0.1, -0.05) is 70.7 Å². The van der Waals surface area contributed by atoms with Crippen LogP contribution in [0, 0.1) is 0 Å². The highest BCUT2D eigenvalue weighted by Gasteiger charge is 2.14. The average molecular weight is 598 g/mol. The van der Waals surface area contributed by atoms with Crippen LogP contribution in [0.1, 0.15) is 31.8 Å². The summed E-state index contributed by atoms with van der Waals surface area (Å²) in [5.74, 6) is -2.33. The van der Waals surface area contributed by atoms with Crippen LogP contribution in [-0.2, 0) is 32.3 Å². The van der Waals surface area contributed by atoms with Crippen LogP contribution in [0.2, 0.25) is 20.1 Å². The summed E-state index contributed by atoms with van der Waals surface area (Å²) in [5.41, 5.74) is 1.75. The minimum atomic E-state index is -0.636. The lowest BCUT2D eigenvalue weighted by Gasteiger charge is -2.09. The van der Waals surface area contributed by atoms with Gasteiger partial charge in [-0.2, -0.15) is 0 Å². The number of esters is 2. The zero-order chi connectivity index (χ0) is 27.7. The fourth-order valence-electron chi connectivity index (χ4n) is 3.00. The summed E-state index contributed by atoms with van der Waals surface area (Å²) in [6.07, 6.45) is 0. The van der Waals surface area contributed by atoms with Gasteiger partial charge >= 0.3 is 11.9 Å². The first-order chi connectivity index (χ1) is 18.1. The highest BCUT2D eigenvalue weighted by atomic mass is 35.5. The number of halogens is 4. The maximum atomic E-state index is 12.2. The highest BCUT2D eigenvalue weighted by molar-refractivity contribution is 6.37. The number of carbonyl (C=O) groups excluding carboxylic acids is 4. The molecule has 0 aliphatic rings. The quantitative estimate of drug-likeness (QED) is 0.309. The molecule has 0 aliphatic heterocycles. The minimum absolute atomic E-state index is 0.0181. The molecule has 0 fully saturated rings. The number of rotatable bonds is 10. The van der Waals surface area contributed by atoms with Crippen LogP contribution < -0.4 is 10.6 Å². The number of nitrogens with one attached hydrogen (secondary N) is 2. The Balaban J connectivity index is 1.36. The second-order valence-corrected chi connectivity index (χ2v) is 9.44. The Labute approximate surface area is 238 Å². The lowest BCUT2D eigenvalue weighted by molar-refractivity contribution is -0.144. The van der Waals surface area contributed by atoms with Crippen molar-refractivity contribution in [2.45, 2.75) is 13.2 Å². The maximum absolute atomic E-state index is 12.2. The third kappa shape index (κ3) is 8.92. The second-order valence-electron chi connectivity index (χ2n) is 7.75. The first-order valence-corrected chi connectivity index (χ1v) is 12.5. The first-order valence-electron chi connectivity index (χ1n) is 11.0. The topological polar surface area (TPSA) is 111 Å². The van der Waals surface area contributed by atoms with E-state index in [9.17, 15) is 19.2 Å². The van der Waals surface area contributed by atoms with E-state index in [0.29, 0.717) is 21.2 Å². The van der Waals surface area contributed by atoms with Gasteiger partial charge in [0.2, 0.25) is 0 Å². The predicted molar refractivity (Wildman–Crippen MR) is 144 cm³/mol. The van der Waals surface area contributed by atoms with Gasteiger partial charge < -0.3 is 20.1 Å². The smallest absolute Gasteiger partial charge is 0.325 e. The van der Waals surface area contributed by atoms with Crippen molar-refractivity contribution in [2.24, 2.45) is 0 Å². The summed E-state index contributed by atoms with van der Waals surface area (Å²) < 4.78 is 10.3. The summed E-state index contributed by atoms with van der Waals surface area (Å²) in [6.45, 7) is -0.718. The summed E-state index contributed by atoms with van der Waals surface area (Å²) in [7, 11) is 0. The molecule has 198 valence electrons. The van der Waals surface area contributed by atoms with Crippen LogP contribution in [0.4, 0.5) is 0 Å². The lowest BCUT2D eigenvalue weighted by atomic mass is 10.1. The Bertz CT molecular complexity index is 1250. The molecule has 0 heterocycles. The average Bonchev–Trinajstić information content (AvgIpc) is 2.88. The number of hydrogen-bond acceptors (Lipinski definition) is 6. The van der Waals surface area contributed by atoms with Crippen molar-refractivity contribution in [3.8, 4) is 0 Å². The van der Waals surface area contributed by atoms with Crippen LogP contribution in [0.25, 0.3) is 0 Å². The third-order valence-corrected chi connectivity index (χ3v) is 6.06. The molecule has 0 bridgehead atoms. The van der Waals surface area contributed by atoms with Gasteiger partial charge in [0.1, 0.15) is 26.3 Å². The maximum Gasteiger partial charge on any atom is 0.325 e. The van der Waals surface area contributed by atoms with E-state index in [2.05, 4.69) is 10.6 Å². The Morgan fingerprint density at radius 3 is 1.29 bits per heavy atom. The number of carbonyl (C=O) groups is 4. The molecule has 0 aromatic heterocycles. The van der Waals surface area contributed by atoms with Gasteiger partial charge in [0.05, 0.1) is 21.2 Å². The van der Waals surface area contributed by atoms with E-state index in [1.54, 1.807) is 24.3 Å². The monoisotopic (exact) mass is 596 g/mol. The zero-order valence-electron chi connectivity index (χ0n) is 19.6. The molecule has 0 saturated heterocycles. The molecule has 0 radical (unpaired) electrons. The van der Waals surface area contributed by atoms with Gasteiger partial charge in [-0.05, 0) is 47.5 Å². The number of benzene rings is 3. The Morgan fingerprint density at radius 2 is 0.947 bits per heavy atom. The van der Waals surface area contributed by atoms with Gasteiger partial charge in [-0.3, -0.25) is 19.2 Å². The molecule has 38 heavy (non-hydrogen) atoms. The van der Waals surface area contributed by atoms with Gasteiger partial charge in [0.25, 0.3) is 11.8 Å². The molecule has 0 atom stereocenters. The highest BCUT2D eigenvalue weighted by Crippen LogP contribution is 2.21. The van der Waals surface area contributed by atoms with Gasteiger partial charge in [-0.15, -0.1) is 0 Å². The molecular weight excluding hydrogens is 578 g/mol. The molecule has 3 aromatic rings. The summed E-state index contributed by atoms with van der Waals surface area (Å²) in [5, 5.41) is 5.98. The van der Waals surface area contributed by atoms with Crippen molar-refractivity contribution in [3.05, 3.63) is 103 Å². The fourth-order valence-corrected chi connectivity index (χ4v) is 3.99. The van der Waals surface area contributed by atoms with Gasteiger partial charge in [-0.25, -0.2) is 0 Å². The lowest BCUT2D eigenvalue weighted by Crippen LogP contribution is -2.30. The minimum Gasteiger partial charge on any atom is -0.460 e. The molecule has 2 N–H and O–H groups in total. The normalized spacial score (nSPS) is 10.4. The van der Waals surface area contributed by atoms with E-state index in [-0.39, 0.29) is 47.5 Å². The fraction of sp³-hybridized carbons (Fsp3) is 0.154. The molecule has 2 amide bonds. The van der Waals surface area contributed by atoms with Crippen molar-refractivity contribution in [2.75, 3.05) is 13.1 Å². The molecule has 0 unspecified atom stereocenters. The molecule has 12 heteroatoms. The van der Waals surface area contributed by atoms with E-state index in [4.69, 9.17) is 55.9 Å². The van der Waals surface area contributed by atoms with Crippen molar-refractivity contribution >= 4 is 70.2 Å². The molecule has 0 saturated carbocycles. The van der Waals surface area contributed by atoms with E-state index < -0.39 is 23.8 Å². The van der Waals surface area contributed by atoms with Gasteiger partial charge in [0.15, 0.2) is 0 Å². The predicted octanol–water partition coefficient (Wildman–Crippen LogP) is 5.25. The number of ether oxygens (including phenoxy) is 2. The Kier molecular flexibility index (Phi) is 10.8. The van der Waals surface area contributed by atoms with Crippen molar-refractivity contribution in [3.63, 3.8) is 0 Å². The molecule has 8 nitrogen and oxygen atoms in total. The van der Waals surface area contributed by atoms with E-state index in [0.717, 1.165) is 0 Å². The van der Waals surface area contributed by atoms with E-state index in [1.807, 2.05) is 0 Å². The molecular formula is C26H20Cl4N2O6. The second kappa shape index (κ2) is 14.0. The first kappa shape index (κ1) is 29.3. The summed E-state index contributed by atoms with van der Waals surface area (Å²) >= 11 is 23.6. The summed E-state index contributed by atoms with van der Waals surface area (Å²) in [6, 6.07) is 15.6. The summed E-state index contributed by atoms with van der Waals surface area (Å²) in [4.78, 5) is 48.3. The largest absolute Gasteiger partial charge is 0.460 e. The molecule has 0 aliphatic carbocycles. The van der Waals surface area contributed by atoms with Crippen LogP contribution in [0.3, 0.4) is 0 Å². The van der Waals surface area contributed by atoms with Gasteiger partial charge in [0, 0.05) is 10.0 Å². The van der Waals surface area contributed by atoms with E-state index in [1.165, 1.54) is 36.4 Å². The molecule has 3 rings (SSSR count). The SMILES string of the molecule is O=C(CNC(=O)c1ccc(Cl)cc1Cl)OCc1ccc(COC(=O)CNC(=O)c2ccc(Cl)cc2Cl)cc1. The molecule has 0 spiro atoms. The van der Waals surface area contributed by atoms with Crippen molar-refractivity contribution in [1.82, 2.24) is 10.6 Å². The zero-order valence-corrected chi connectivity index (χ0v) is 22.6. The van der Waals surface area contributed by atoms with Crippen LogP contribution >= 0.6 is 46.4 Å². The Hall–Kier alpha value is -3.30. The van der Waals surface area contributed by atoms with E-state index >= 15 is 0 Å². The van der Waals surface area contributed by atoms with Crippen LogP contribution in [-0.4, -0.2) is 36.8 Å². The van der Waals surface area contributed by atoms with Crippen molar-refractivity contribution in [1.29, 1.82) is 0 Å². The van der Waals surface area contributed by atoms with Crippen LogP contribution in [0.15, 0.2) is 60.7 Å². The van der Waals surface area contributed by atoms with Crippen molar-refractivity contribution < 1.29 is 28.7 Å².